The third-order valence-electron chi connectivity index (χ3n) is 6.44. The monoisotopic (exact) mass is 405 g/mol. The average molecular weight is 406 g/mol. The van der Waals surface area contributed by atoms with Crippen LogP contribution in [0.5, 0.6) is 0 Å². The molecule has 0 spiro atoms. The number of nitrogens with zero attached hydrogens (tertiary/aromatic N) is 2. The van der Waals surface area contributed by atoms with Crippen molar-refractivity contribution < 1.29 is 14.4 Å². The van der Waals surface area contributed by atoms with Gasteiger partial charge in [0.25, 0.3) is 17.7 Å². The van der Waals surface area contributed by atoms with Gasteiger partial charge in [-0.25, -0.2) is 0 Å². The van der Waals surface area contributed by atoms with E-state index in [0.717, 1.165) is 38.5 Å². The molecule has 1 aliphatic carbocycles. The fraction of sp³-hybridized carbons (Fsp3) is 0.571. The van der Waals surface area contributed by atoms with Crippen molar-refractivity contribution in [2.24, 2.45) is 11.1 Å². The van der Waals surface area contributed by atoms with Crippen molar-refractivity contribution in [1.82, 2.24) is 9.80 Å². The summed E-state index contributed by atoms with van der Waals surface area (Å²) < 4.78 is 0. The highest BCUT2D eigenvalue weighted by molar-refractivity contribution is 6.22. The van der Waals surface area contributed by atoms with Gasteiger partial charge in [-0.3, -0.25) is 19.3 Å². The summed E-state index contributed by atoms with van der Waals surface area (Å²) in [5.74, 6) is -0.547. The normalized spacial score (nSPS) is 25.1. The summed E-state index contributed by atoms with van der Waals surface area (Å²) in [4.78, 5) is 41.8. The van der Waals surface area contributed by atoms with E-state index in [1.165, 1.54) is 4.90 Å². The molecule has 1 aromatic rings. The van der Waals surface area contributed by atoms with Crippen LogP contribution in [0.4, 0.5) is 0 Å². The molecular formula is C21H28ClN3O3. The van der Waals surface area contributed by atoms with E-state index < -0.39 is 0 Å². The van der Waals surface area contributed by atoms with Crippen molar-refractivity contribution in [2.75, 3.05) is 19.6 Å². The Morgan fingerprint density at radius 2 is 1.82 bits per heavy atom. The van der Waals surface area contributed by atoms with Crippen LogP contribution < -0.4 is 5.73 Å². The fourth-order valence-electron chi connectivity index (χ4n) is 4.61. The molecule has 0 radical (unpaired) electrons. The Morgan fingerprint density at radius 3 is 2.46 bits per heavy atom. The summed E-state index contributed by atoms with van der Waals surface area (Å²) in [6, 6.07) is 4.92. The molecule has 1 aromatic carbocycles. The molecule has 1 atom stereocenters. The van der Waals surface area contributed by atoms with Gasteiger partial charge in [-0.2, -0.15) is 0 Å². The Bertz CT molecular complexity index is 806. The van der Waals surface area contributed by atoms with Crippen molar-refractivity contribution in [2.45, 2.75) is 51.5 Å². The molecule has 28 heavy (non-hydrogen) atoms. The van der Waals surface area contributed by atoms with Gasteiger partial charge < -0.3 is 10.6 Å². The van der Waals surface area contributed by atoms with Crippen molar-refractivity contribution in [1.29, 1.82) is 0 Å². The predicted molar refractivity (Wildman–Crippen MR) is 109 cm³/mol. The molecule has 4 rings (SSSR count). The van der Waals surface area contributed by atoms with Crippen LogP contribution in [0.2, 0.25) is 0 Å². The van der Waals surface area contributed by atoms with Gasteiger partial charge in [0.05, 0.1) is 11.1 Å². The molecule has 0 aromatic heterocycles. The predicted octanol–water partition coefficient (Wildman–Crippen LogP) is 2.85. The zero-order valence-corrected chi connectivity index (χ0v) is 17.1. The van der Waals surface area contributed by atoms with E-state index in [1.54, 1.807) is 23.1 Å². The van der Waals surface area contributed by atoms with Crippen LogP contribution in [0.1, 0.15) is 76.5 Å². The fourth-order valence-corrected chi connectivity index (χ4v) is 4.61. The van der Waals surface area contributed by atoms with Crippen molar-refractivity contribution in [3.8, 4) is 0 Å². The van der Waals surface area contributed by atoms with Crippen LogP contribution >= 0.6 is 12.4 Å². The lowest BCUT2D eigenvalue weighted by Crippen LogP contribution is -2.40. The SMILES string of the molecule is CC1(CN)CCN(C(=O)c2ccc3c(c2)C(=O)N(C2CCCCC2)C3=O)C1.Cl. The maximum atomic E-state index is 12.9. The number of likely N-dealkylation sites (tertiary alicyclic amines) is 1. The average Bonchev–Trinajstić information content (AvgIpc) is 3.21. The molecule has 1 saturated heterocycles. The molecule has 7 heteroatoms. The molecule has 0 bridgehead atoms. The maximum Gasteiger partial charge on any atom is 0.261 e. The molecule has 6 nitrogen and oxygen atoms in total. The summed E-state index contributed by atoms with van der Waals surface area (Å²) in [5, 5.41) is 0. The molecular weight excluding hydrogens is 378 g/mol. The lowest BCUT2D eigenvalue weighted by Gasteiger charge is -2.29. The summed E-state index contributed by atoms with van der Waals surface area (Å²) in [5.41, 5.74) is 7.06. The highest BCUT2D eigenvalue weighted by Gasteiger charge is 2.41. The second-order valence-corrected chi connectivity index (χ2v) is 8.52. The Labute approximate surface area is 171 Å². The van der Waals surface area contributed by atoms with Crippen LogP contribution in [0, 0.1) is 5.41 Å². The van der Waals surface area contributed by atoms with Gasteiger partial charge in [0.1, 0.15) is 0 Å². The number of hydrogen-bond acceptors (Lipinski definition) is 4. The molecule has 1 unspecified atom stereocenters. The van der Waals surface area contributed by atoms with Gasteiger partial charge in [-0.15, -0.1) is 12.4 Å². The first kappa shape index (κ1) is 20.8. The summed E-state index contributed by atoms with van der Waals surface area (Å²) >= 11 is 0. The number of halogens is 1. The smallest absolute Gasteiger partial charge is 0.261 e. The quantitative estimate of drug-likeness (QED) is 0.783. The molecule has 2 heterocycles. The molecule has 2 fully saturated rings. The van der Waals surface area contributed by atoms with Crippen molar-refractivity contribution >= 4 is 30.1 Å². The molecule has 2 aliphatic heterocycles. The lowest BCUT2D eigenvalue weighted by molar-refractivity contribution is 0.0548. The third kappa shape index (κ3) is 3.44. The topological polar surface area (TPSA) is 83.7 Å². The second kappa shape index (κ2) is 7.84. The number of amides is 3. The number of imide groups is 1. The summed E-state index contributed by atoms with van der Waals surface area (Å²) in [6.45, 7) is 3.93. The molecule has 3 aliphatic rings. The van der Waals surface area contributed by atoms with E-state index in [0.29, 0.717) is 36.3 Å². The molecule has 152 valence electrons. The maximum absolute atomic E-state index is 12.9. The number of fused-ring (bicyclic) bond motifs is 1. The summed E-state index contributed by atoms with van der Waals surface area (Å²) in [6.07, 6.45) is 5.90. The first-order chi connectivity index (χ1) is 12.9. The number of carbonyl (C=O) groups excluding carboxylic acids is 3. The Hall–Kier alpha value is -1.92. The minimum Gasteiger partial charge on any atom is -0.338 e. The Morgan fingerprint density at radius 1 is 1.14 bits per heavy atom. The second-order valence-electron chi connectivity index (χ2n) is 8.52. The minimum absolute atomic E-state index is 0. The Balaban J connectivity index is 0.00000225. The van der Waals surface area contributed by atoms with Gasteiger partial charge in [-0.1, -0.05) is 26.2 Å². The van der Waals surface area contributed by atoms with Crippen LogP contribution in [0.25, 0.3) is 0 Å². The number of benzene rings is 1. The number of nitrogens with two attached hydrogens (primary N) is 1. The van der Waals surface area contributed by atoms with E-state index in [1.807, 2.05) is 0 Å². The number of hydrogen-bond donors (Lipinski definition) is 1. The molecule has 3 amide bonds. The first-order valence-electron chi connectivity index (χ1n) is 9.95. The van der Waals surface area contributed by atoms with Gasteiger partial charge in [-0.05, 0) is 49.4 Å². The van der Waals surface area contributed by atoms with E-state index in [-0.39, 0.29) is 41.6 Å². The number of carbonyl (C=O) groups is 3. The van der Waals surface area contributed by atoms with Crippen LogP contribution in [0.15, 0.2) is 18.2 Å². The largest absolute Gasteiger partial charge is 0.338 e. The first-order valence-corrected chi connectivity index (χ1v) is 9.95. The van der Waals surface area contributed by atoms with E-state index >= 15 is 0 Å². The zero-order chi connectivity index (χ0) is 19.2. The zero-order valence-electron chi connectivity index (χ0n) is 16.3. The van der Waals surface area contributed by atoms with E-state index in [4.69, 9.17) is 5.73 Å². The molecule has 1 saturated carbocycles. The van der Waals surface area contributed by atoms with Crippen LogP contribution in [-0.2, 0) is 0 Å². The Kier molecular flexibility index (Phi) is 5.82. The lowest BCUT2D eigenvalue weighted by atomic mass is 9.90. The summed E-state index contributed by atoms with van der Waals surface area (Å²) in [7, 11) is 0. The van der Waals surface area contributed by atoms with Crippen molar-refractivity contribution in [3.63, 3.8) is 0 Å². The van der Waals surface area contributed by atoms with Crippen LogP contribution in [-0.4, -0.2) is 53.2 Å². The molecule has 2 N–H and O–H groups in total. The highest BCUT2D eigenvalue weighted by Crippen LogP contribution is 2.33. The minimum atomic E-state index is -0.246. The van der Waals surface area contributed by atoms with Crippen molar-refractivity contribution in [3.05, 3.63) is 34.9 Å². The van der Waals surface area contributed by atoms with Gasteiger partial charge in [0, 0.05) is 24.7 Å². The highest BCUT2D eigenvalue weighted by atomic mass is 35.5. The van der Waals surface area contributed by atoms with Gasteiger partial charge in [0.15, 0.2) is 0 Å². The van der Waals surface area contributed by atoms with Gasteiger partial charge in [0.2, 0.25) is 0 Å². The van der Waals surface area contributed by atoms with Gasteiger partial charge >= 0.3 is 0 Å². The standard InChI is InChI=1S/C21H27N3O3.ClH/c1-21(12-22)9-10-23(13-21)18(25)14-7-8-16-17(11-14)20(27)24(19(16)26)15-5-3-2-4-6-15;/h7-8,11,15H,2-6,9-10,12-13,22H2,1H3;1H. The number of rotatable bonds is 3. The van der Waals surface area contributed by atoms with Crippen LogP contribution in [0.3, 0.4) is 0 Å². The third-order valence-corrected chi connectivity index (χ3v) is 6.44. The van der Waals surface area contributed by atoms with E-state index in [9.17, 15) is 14.4 Å². The van der Waals surface area contributed by atoms with E-state index in [2.05, 4.69) is 6.92 Å².